The maximum Gasteiger partial charge on any atom is 0.315 e. The Labute approximate surface area is 159 Å². The first-order valence-corrected chi connectivity index (χ1v) is 8.84. The van der Waals surface area contributed by atoms with Crippen LogP contribution in [0.15, 0.2) is 60.9 Å². The average Bonchev–Trinajstić information content (AvgIpc) is 3.09. The van der Waals surface area contributed by atoms with E-state index in [9.17, 15) is 4.79 Å². The Morgan fingerprint density at radius 2 is 1.70 bits per heavy atom. The number of imidazole rings is 1. The van der Waals surface area contributed by atoms with Crippen LogP contribution in [0.1, 0.15) is 22.5 Å². The molecule has 3 rings (SSSR count). The second-order valence-corrected chi connectivity index (χ2v) is 6.31. The highest BCUT2D eigenvalue weighted by atomic mass is 16.5. The zero-order valence-corrected chi connectivity index (χ0v) is 15.6. The third-order valence-corrected chi connectivity index (χ3v) is 4.31. The van der Waals surface area contributed by atoms with Crippen LogP contribution in [0.25, 0.3) is 0 Å². The minimum atomic E-state index is -0.200. The first-order chi connectivity index (χ1) is 13.1. The van der Waals surface area contributed by atoms with Gasteiger partial charge in [-0.25, -0.2) is 9.78 Å². The second-order valence-electron chi connectivity index (χ2n) is 6.31. The molecule has 0 spiro atoms. The summed E-state index contributed by atoms with van der Waals surface area (Å²) in [6.45, 7) is 3.67. The Morgan fingerprint density at radius 1 is 1.04 bits per heavy atom. The number of carbonyl (C=O) groups excluding carboxylic acids is 1. The van der Waals surface area contributed by atoms with Gasteiger partial charge < -0.3 is 19.9 Å². The summed E-state index contributed by atoms with van der Waals surface area (Å²) in [7, 11) is 1.63. The van der Waals surface area contributed by atoms with E-state index in [0.717, 1.165) is 29.2 Å². The number of benzene rings is 2. The lowest BCUT2D eigenvalue weighted by Gasteiger charge is -2.10. The largest absolute Gasteiger partial charge is 0.497 e. The molecular weight excluding hydrogens is 340 g/mol. The summed E-state index contributed by atoms with van der Waals surface area (Å²) in [4.78, 5) is 16.3. The van der Waals surface area contributed by atoms with Crippen LogP contribution in [-0.4, -0.2) is 22.7 Å². The molecule has 0 aliphatic carbocycles. The van der Waals surface area contributed by atoms with E-state index in [0.29, 0.717) is 13.1 Å². The van der Waals surface area contributed by atoms with Crippen molar-refractivity contribution in [3.63, 3.8) is 0 Å². The third kappa shape index (κ3) is 5.34. The van der Waals surface area contributed by atoms with Crippen molar-refractivity contribution in [3.8, 4) is 5.75 Å². The molecule has 1 heterocycles. The van der Waals surface area contributed by atoms with Crippen molar-refractivity contribution in [1.82, 2.24) is 20.2 Å². The zero-order chi connectivity index (χ0) is 19.1. The number of nitrogens with one attached hydrogen (secondary N) is 2. The number of aromatic nitrogens is 2. The van der Waals surface area contributed by atoms with Crippen LogP contribution < -0.4 is 15.4 Å². The maximum atomic E-state index is 12.1. The van der Waals surface area contributed by atoms with Crippen LogP contribution in [0.3, 0.4) is 0 Å². The topological polar surface area (TPSA) is 68.2 Å². The summed E-state index contributed by atoms with van der Waals surface area (Å²) in [5.74, 6) is 1.76. The lowest BCUT2D eigenvalue weighted by molar-refractivity contribution is 0.240. The number of hydrogen-bond donors (Lipinski definition) is 2. The molecule has 0 saturated heterocycles. The van der Waals surface area contributed by atoms with E-state index in [1.54, 1.807) is 13.3 Å². The average molecular weight is 364 g/mol. The van der Waals surface area contributed by atoms with Crippen molar-refractivity contribution in [2.24, 2.45) is 0 Å². The quantitative estimate of drug-likeness (QED) is 0.676. The number of urea groups is 1. The molecule has 0 aliphatic heterocycles. The number of hydrogen-bond acceptors (Lipinski definition) is 3. The molecular formula is C21H24N4O2. The molecule has 0 unspecified atom stereocenters. The van der Waals surface area contributed by atoms with Gasteiger partial charge in [-0.2, -0.15) is 0 Å². The van der Waals surface area contributed by atoms with Gasteiger partial charge >= 0.3 is 6.03 Å². The fourth-order valence-corrected chi connectivity index (χ4v) is 2.82. The number of rotatable bonds is 7. The summed E-state index contributed by atoms with van der Waals surface area (Å²) >= 11 is 0. The Morgan fingerprint density at radius 3 is 2.37 bits per heavy atom. The van der Waals surface area contributed by atoms with E-state index in [1.807, 2.05) is 49.5 Å². The molecule has 0 radical (unpaired) electrons. The molecule has 0 saturated carbocycles. The van der Waals surface area contributed by atoms with Gasteiger partial charge in [0, 0.05) is 32.0 Å². The highest BCUT2D eigenvalue weighted by Crippen LogP contribution is 2.12. The summed E-state index contributed by atoms with van der Waals surface area (Å²) in [6.07, 6.45) is 3.76. The van der Waals surface area contributed by atoms with Gasteiger partial charge in [0.1, 0.15) is 11.6 Å². The molecule has 6 heteroatoms. The molecule has 1 aromatic heterocycles. The van der Waals surface area contributed by atoms with Gasteiger partial charge in [0.25, 0.3) is 0 Å². The number of amides is 2. The number of nitrogens with zero attached hydrogens (tertiary/aromatic N) is 2. The van der Waals surface area contributed by atoms with E-state index < -0.39 is 0 Å². The van der Waals surface area contributed by atoms with Crippen molar-refractivity contribution in [2.75, 3.05) is 7.11 Å². The monoisotopic (exact) mass is 364 g/mol. The molecule has 27 heavy (non-hydrogen) atoms. The van der Waals surface area contributed by atoms with E-state index in [2.05, 4.69) is 32.3 Å². The van der Waals surface area contributed by atoms with Crippen molar-refractivity contribution >= 4 is 6.03 Å². The molecule has 2 N–H and O–H groups in total. The number of ether oxygens (including phenoxy) is 1. The van der Waals surface area contributed by atoms with Gasteiger partial charge in [-0.1, -0.05) is 36.4 Å². The van der Waals surface area contributed by atoms with E-state index in [4.69, 9.17) is 4.74 Å². The molecule has 3 aromatic rings. The smallest absolute Gasteiger partial charge is 0.315 e. The number of carbonyl (C=O) groups is 1. The Bertz CT molecular complexity index is 904. The van der Waals surface area contributed by atoms with E-state index >= 15 is 0 Å². The highest BCUT2D eigenvalue weighted by molar-refractivity contribution is 5.73. The molecule has 6 nitrogen and oxygen atoms in total. The first kappa shape index (κ1) is 18.5. The van der Waals surface area contributed by atoms with Crippen LogP contribution >= 0.6 is 0 Å². The van der Waals surface area contributed by atoms with Crippen molar-refractivity contribution < 1.29 is 9.53 Å². The van der Waals surface area contributed by atoms with Gasteiger partial charge in [0.2, 0.25) is 0 Å². The first-order valence-electron chi connectivity index (χ1n) is 8.84. The standard InChI is InChI=1S/C21H24N4O2/c1-16-22-9-10-25(16)15-19-7-3-5-17(11-19)13-23-21(26)24-14-18-6-4-8-20(12-18)27-2/h3-12H,13-15H2,1-2H3,(H2,23,24,26). The molecule has 2 amide bonds. The van der Waals surface area contributed by atoms with Crippen LogP contribution in [0.5, 0.6) is 5.75 Å². The van der Waals surface area contributed by atoms with Crippen LogP contribution in [0, 0.1) is 6.92 Å². The van der Waals surface area contributed by atoms with Gasteiger partial charge in [-0.05, 0) is 35.7 Å². The second kappa shape index (κ2) is 8.89. The minimum Gasteiger partial charge on any atom is -0.497 e. The Balaban J connectivity index is 1.49. The predicted molar refractivity (Wildman–Crippen MR) is 105 cm³/mol. The molecule has 0 fully saturated rings. The lowest BCUT2D eigenvalue weighted by Crippen LogP contribution is -2.34. The molecule has 140 valence electrons. The predicted octanol–water partition coefficient (Wildman–Crippen LogP) is 3.25. The van der Waals surface area contributed by atoms with Crippen molar-refractivity contribution in [2.45, 2.75) is 26.6 Å². The van der Waals surface area contributed by atoms with Crippen LogP contribution in [0.2, 0.25) is 0 Å². The lowest BCUT2D eigenvalue weighted by atomic mass is 10.1. The Hall–Kier alpha value is -3.28. The summed E-state index contributed by atoms with van der Waals surface area (Å²) in [5, 5.41) is 5.76. The fraction of sp³-hybridized carbons (Fsp3) is 0.238. The number of methoxy groups -OCH3 is 1. The Kier molecular flexibility index (Phi) is 6.10. The number of aryl methyl sites for hydroxylation is 1. The van der Waals surface area contributed by atoms with Crippen LogP contribution in [0.4, 0.5) is 4.79 Å². The summed E-state index contributed by atoms with van der Waals surface area (Å²) in [5.41, 5.74) is 3.22. The highest BCUT2D eigenvalue weighted by Gasteiger charge is 2.04. The van der Waals surface area contributed by atoms with Gasteiger partial charge in [-0.3, -0.25) is 0 Å². The van der Waals surface area contributed by atoms with Gasteiger partial charge in [0.15, 0.2) is 0 Å². The van der Waals surface area contributed by atoms with Crippen molar-refractivity contribution in [1.29, 1.82) is 0 Å². The maximum absolute atomic E-state index is 12.1. The molecule has 0 aliphatic rings. The SMILES string of the molecule is COc1cccc(CNC(=O)NCc2cccc(Cn3ccnc3C)c2)c1. The molecule has 0 atom stereocenters. The molecule has 0 bridgehead atoms. The van der Waals surface area contributed by atoms with Gasteiger partial charge in [0.05, 0.1) is 7.11 Å². The normalized spacial score (nSPS) is 10.4. The molecule has 2 aromatic carbocycles. The minimum absolute atomic E-state index is 0.200. The van der Waals surface area contributed by atoms with E-state index in [-0.39, 0.29) is 6.03 Å². The summed E-state index contributed by atoms with van der Waals surface area (Å²) < 4.78 is 7.28. The van der Waals surface area contributed by atoms with Crippen molar-refractivity contribution in [3.05, 3.63) is 83.4 Å². The van der Waals surface area contributed by atoms with E-state index in [1.165, 1.54) is 5.56 Å². The zero-order valence-electron chi connectivity index (χ0n) is 15.6. The third-order valence-electron chi connectivity index (χ3n) is 4.31. The van der Waals surface area contributed by atoms with Crippen LogP contribution in [-0.2, 0) is 19.6 Å². The fourth-order valence-electron chi connectivity index (χ4n) is 2.82. The van der Waals surface area contributed by atoms with Gasteiger partial charge in [-0.15, -0.1) is 0 Å². The summed E-state index contributed by atoms with van der Waals surface area (Å²) in [6, 6.07) is 15.6.